The zero-order valence-corrected chi connectivity index (χ0v) is 11.9. The van der Waals surface area contributed by atoms with Crippen LogP contribution in [0.4, 0.5) is 0 Å². The number of halogens is 1. The fraction of sp³-hybridized carbons (Fsp3) is 0.571. The third-order valence-electron chi connectivity index (χ3n) is 2.77. The summed E-state index contributed by atoms with van der Waals surface area (Å²) < 4.78 is 5.71. The lowest BCUT2D eigenvalue weighted by Crippen LogP contribution is -2.42. The van der Waals surface area contributed by atoms with Crippen molar-refractivity contribution in [2.24, 2.45) is 11.7 Å². The first kappa shape index (κ1) is 15.3. The van der Waals surface area contributed by atoms with Gasteiger partial charge in [-0.3, -0.25) is 0 Å². The molecule has 0 aliphatic rings. The van der Waals surface area contributed by atoms with Gasteiger partial charge < -0.3 is 15.6 Å². The van der Waals surface area contributed by atoms with Crippen LogP contribution in [0.2, 0.25) is 5.02 Å². The molecule has 18 heavy (non-hydrogen) atoms. The Morgan fingerprint density at radius 3 is 2.56 bits per heavy atom. The lowest BCUT2D eigenvalue weighted by atomic mass is 10.0. The average Bonchev–Trinajstić information content (AvgIpc) is 2.27. The standard InChI is InChI=1S/C14H22ClNO2/c1-9(2)6-12(16)14(8-17)18-13-5-4-10(3)7-11(13)15/h4-5,7,9,12,14,17H,6,8,16H2,1-3H3. The Labute approximate surface area is 114 Å². The van der Waals surface area contributed by atoms with E-state index in [1.165, 1.54) is 0 Å². The molecule has 4 heteroatoms. The molecule has 0 aliphatic heterocycles. The Morgan fingerprint density at radius 1 is 1.39 bits per heavy atom. The Bertz CT molecular complexity index is 382. The third-order valence-corrected chi connectivity index (χ3v) is 3.06. The summed E-state index contributed by atoms with van der Waals surface area (Å²) in [5.74, 6) is 1.03. The van der Waals surface area contributed by atoms with Gasteiger partial charge in [0.2, 0.25) is 0 Å². The molecule has 0 radical (unpaired) electrons. The fourth-order valence-corrected chi connectivity index (χ4v) is 2.10. The SMILES string of the molecule is Cc1ccc(OC(CO)C(N)CC(C)C)c(Cl)c1. The van der Waals surface area contributed by atoms with Gasteiger partial charge in [-0.15, -0.1) is 0 Å². The maximum absolute atomic E-state index is 9.37. The highest BCUT2D eigenvalue weighted by atomic mass is 35.5. The van der Waals surface area contributed by atoms with Crippen LogP contribution in [0, 0.1) is 12.8 Å². The Kier molecular flexibility index (Phi) is 5.93. The molecule has 0 fully saturated rings. The van der Waals surface area contributed by atoms with Crippen molar-refractivity contribution in [1.82, 2.24) is 0 Å². The first-order valence-corrected chi connectivity index (χ1v) is 6.61. The number of aliphatic hydroxyl groups is 1. The van der Waals surface area contributed by atoms with Crippen molar-refractivity contribution in [2.45, 2.75) is 39.3 Å². The van der Waals surface area contributed by atoms with Gasteiger partial charge in [0.25, 0.3) is 0 Å². The van der Waals surface area contributed by atoms with Gasteiger partial charge in [-0.05, 0) is 37.0 Å². The molecule has 102 valence electrons. The average molecular weight is 272 g/mol. The second-order valence-electron chi connectivity index (χ2n) is 5.07. The van der Waals surface area contributed by atoms with Crippen LogP contribution in [0.5, 0.6) is 5.75 Å². The molecule has 2 atom stereocenters. The van der Waals surface area contributed by atoms with Gasteiger partial charge in [0.15, 0.2) is 0 Å². The van der Waals surface area contributed by atoms with Gasteiger partial charge in [0, 0.05) is 6.04 Å². The van der Waals surface area contributed by atoms with E-state index in [2.05, 4.69) is 13.8 Å². The quantitative estimate of drug-likeness (QED) is 0.836. The molecule has 0 saturated carbocycles. The summed E-state index contributed by atoms with van der Waals surface area (Å²) in [7, 11) is 0. The third kappa shape index (κ3) is 4.48. The summed E-state index contributed by atoms with van der Waals surface area (Å²) >= 11 is 6.09. The van der Waals surface area contributed by atoms with E-state index >= 15 is 0 Å². The van der Waals surface area contributed by atoms with E-state index < -0.39 is 6.10 Å². The molecule has 0 saturated heterocycles. The molecule has 1 aromatic carbocycles. The molecule has 2 unspecified atom stereocenters. The van der Waals surface area contributed by atoms with Crippen molar-refractivity contribution in [2.75, 3.05) is 6.61 Å². The van der Waals surface area contributed by atoms with Gasteiger partial charge in [0.05, 0.1) is 11.6 Å². The van der Waals surface area contributed by atoms with Crippen molar-refractivity contribution in [1.29, 1.82) is 0 Å². The highest BCUT2D eigenvalue weighted by molar-refractivity contribution is 6.32. The molecular weight excluding hydrogens is 250 g/mol. The van der Waals surface area contributed by atoms with E-state index in [1.807, 2.05) is 25.1 Å². The van der Waals surface area contributed by atoms with E-state index in [0.29, 0.717) is 16.7 Å². The zero-order chi connectivity index (χ0) is 13.7. The van der Waals surface area contributed by atoms with Crippen molar-refractivity contribution in [3.05, 3.63) is 28.8 Å². The second-order valence-corrected chi connectivity index (χ2v) is 5.47. The smallest absolute Gasteiger partial charge is 0.138 e. The molecule has 0 amide bonds. The van der Waals surface area contributed by atoms with E-state index in [0.717, 1.165) is 12.0 Å². The molecule has 0 spiro atoms. The predicted molar refractivity (Wildman–Crippen MR) is 75.1 cm³/mol. The van der Waals surface area contributed by atoms with Crippen LogP contribution in [0.15, 0.2) is 18.2 Å². The molecule has 1 rings (SSSR count). The van der Waals surface area contributed by atoms with E-state index in [9.17, 15) is 5.11 Å². The minimum atomic E-state index is -0.424. The largest absolute Gasteiger partial charge is 0.485 e. The molecule has 3 nitrogen and oxygen atoms in total. The van der Waals surface area contributed by atoms with Crippen molar-refractivity contribution < 1.29 is 9.84 Å². The Hall–Kier alpha value is -0.770. The Morgan fingerprint density at radius 2 is 2.06 bits per heavy atom. The molecule has 0 aromatic heterocycles. The number of rotatable bonds is 6. The van der Waals surface area contributed by atoms with Crippen molar-refractivity contribution in [3.8, 4) is 5.75 Å². The van der Waals surface area contributed by atoms with Crippen LogP contribution in [-0.2, 0) is 0 Å². The summed E-state index contributed by atoms with van der Waals surface area (Å²) in [4.78, 5) is 0. The lowest BCUT2D eigenvalue weighted by Gasteiger charge is -2.25. The summed E-state index contributed by atoms with van der Waals surface area (Å²) in [6.07, 6.45) is 0.377. The second kappa shape index (κ2) is 6.98. The van der Waals surface area contributed by atoms with E-state index in [-0.39, 0.29) is 12.6 Å². The van der Waals surface area contributed by atoms with Gasteiger partial charge in [-0.25, -0.2) is 0 Å². The van der Waals surface area contributed by atoms with Gasteiger partial charge in [-0.1, -0.05) is 31.5 Å². The number of nitrogens with two attached hydrogens (primary N) is 1. The fourth-order valence-electron chi connectivity index (χ4n) is 1.82. The predicted octanol–water partition coefficient (Wildman–Crippen LogP) is 2.76. The summed E-state index contributed by atoms with van der Waals surface area (Å²) in [5.41, 5.74) is 7.10. The number of aryl methyl sites for hydroxylation is 1. The Balaban J connectivity index is 2.73. The van der Waals surface area contributed by atoms with Gasteiger partial charge >= 0.3 is 0 Å². The van der Waals surface area contributed by atoms with Crippen LogP contribution in [-0.4, -0.2) is 23.9 Å². The molecule has 1 aromatic rings. The first-order valence-electron chi connectivity index (χ1n) is 6.23. The van der Waals surface area contributed by atoms with Crippen LogP contribution >= 0.6 is 11.6 Å². The van der Waals surface area contributed by atoms with Crippen molar-refractivity contribution in [3.63, 3.8) is 0 Å². The van der Waals surface area contributed by atoms with Crippen LogP contribution in [0.25, 0.3) is 0 Å². The number of benzene rings is 1. The van der Waals surface area contributed by atoms with Crippen molar-refractivity contribution >= 4 is 11.6 Å². The maximum Gasteiger partial charge on any atom is 0.138 e. The molecule has 0 aliphatic carbocycles. The number of hydrogen-bond acceptors (Lipinski definition) is 3. The molecule has 0 heterocycles. The van der Waals surface area contributed by atoms with Gasteiger partial charge in [-0.2, -0.15) is 0 Å². The summed E-state index contributed by atoms with van der Waals surface area (Å²) in [6, 6.07) is 5.36. The normalized spacial score (nSPS) is 14.6. The zero-order valence-electron chi connectivity index (χ0n) is 11.2. The van der Waals surface area contributed by atoms with Crippen LogP contribution in [0.3, 0.4) is 0 Å². The number of hydrogen-bond donors (Lipinski definition) is 2. The molecule has 0 bridgehead atoms. The van der Waals surface area contributed by atoms with E-state index in [4.69, 9.17) is 22.1 Å². The number of ether oxygens (including phenoxy) is 1. The minimum Gasteiger partial charge on any atom is -0.485 e. The summed E-state index contributed by atoms with van der Waals surface area (Å²) in [5, 5.41) is 9.91. The van der Waals surface area contributed by atoms with Gasteiger partial charge in [0.1, 0.15) is 11.9 Å². The molecular formula is C14H22ClNO2. The first-order chi connectivity index (χ1) is 8.43. The topological polar surface area (TPSA) is 55.5 Å². The lowest BCUT2D eigenvalue weighted by molar-refractivity contribution is 0.0882. The number of aliphatic hydroxyl groups excluding tert-OH is 1. The van der Waals surface area contributed by atoms with Crippen LogP contribution < -0.4 is 10.5 Å². The van der Waals surface area contributed by atoms with E-state index in [1.54, 1.807) is 0 Å². The maximum atomic E-state index is 9.37. The highest BCUT2D eigenvalue weighted by Gasteiger charge is 2.20. The monoisotopic (exact) mass is 271 g/mol. The highest BCUT2D eigenvalue weighted by Crippen LogP contribution is 2.26. The molecule has 3 N–H and O–H groups in total. The van der Waals surface area contributed by atoms with Crippen LogP contribution in [0.1, 0.15) is 25.8 Å². The summed E-state index contributed by atoms with van der Waals surface area (Å²) in [6.45, 7) is 6.03. The minimum absolute atomic E-state index is 0.113.